The molecule has 0 radical (unpaired) electrons. The number of imidazole rings is 1. The summed E-state index contributed by atoms with van der Waals surface area (Å²) < 4.78 is 2.01. The fourth-order valence-electron chi connectivity index (χ4n) is 2.48. The van der Waals surface area contributed by atoms with E-state index in [1.54, 1.807) is 18.6 Å². The van der Waals surface area contributed by atoms with Gasteiger partial charge in [0.1, 0.15) is 0 Å². The number of nitrogens with zero attached hydrogens (tertiary/aromatic N) is 3. The van der Waals surface area contributed by atoms with Crippen LogP contribution < -0.4 is 0 Å². The lowest BCUT2D eigenvalue weighted by atomic mass is 10.4. The summed E-state index contributed by atoms with van der Waals surface area (Å²) in [5.41, 5.74) is 1.78. The van der Waals surface area contributed by atoms with E-state index in [0.717, 1.165) is 16.5 Å². The van der Waals surface area contributed by atoms with E-state index in [1.807, 2.05) is 28.5 Å². The summed E-state index contributed by atoms with van der Waals surface area (Å²) in [7, 11) is 0. The molecule has 2 aromatic heterocycles. The van der Waals surface area contributed by atoms with Crippen molar-refractivity contribution < 1.29 is 5.11 Å². The normalized spacial score (nSPS) is 16.1. The van der Waals surface area contributed by atoms with Gasteiger partial charge in [-0.15, -0.1) is 0 Å². The van der Waals surface area contributed by atoms with Gasteiger partial charge in [-0.2, -0.15) is 0 Å². The maximum absolute atomic E-state index is 9.46. The van der Waals surface area contributed by atoms with Gasteiger partial charge in [-0.05, 0) is 25.0 Å². The summed E-state index contributed by atoms with van der Waals surface area (Å²) >= 11 is 1.82. The maximum atomic E-state index is 9.46. The van der Waals surface area contributed by atoms with Crippen molar-refractivity contribution in [2.75, 3.05) is 0 Å². The molecule has 1 fully saturated rings. The molecule has 1 N–H and O–H groups in total. The van der Waals surface area contributed by atoms with Gasteiger partial charge in [0, 0.05) is 11.4 Å². The third-order valence-electron chi connectivity index (χ3n) is 3.44. The van der Waals surface area contributed by atoms with Gasteiger partial charge >= 0.3 is 0 Å². The lowest BCUT2D eigenvalue weighted by Crippen LogP contribution is -2.04. The first kappa shape index (κ1) is 12.7. The summed E-state index contributed by atoms with van der Waals surface area (Å²) in [6.07, 6.45) is 10.5. The van der Waals surface area contributed by atoms with Crippen LogP contribution in [-0.4, -0.2) is 24.9 Å². The van der Waals surface area contributed by atoms with Crippen LogP contribution in [0.4, 0.5) is 0 Å². The number of aliphatic hydroxyl groups excluding tert-OH is 1. The Hall–Kier alpha value is -1.33. The Kier molecular flexibility index (Phi) is 3.84. The Morgan fingerprint density at radius 2 is 2.16 bits per heavy atom. The molecule has 5 heteroatoms. The van der Waals surface area contributed by atoms with Crippen LogP contribution in [0.3, 0.4) is 0 Å². The Bertz CT molecular complexity index is 535. The molecule has 2 heterocycles. The second kappa shape index (κ2) is 5.75. The average molecular weight is 275 g/mol. The highest BCUT2D eigenvalue weighted by Gasteiger charge is 2.20. The fraction of sp³-hybridized carbons (Fsp3) is 0.429. The zero-order valence-electron chi connectivity index (χ0n) is 10.7. The van der Waals surface area contributed by atoms with E-state index in [4.69, 9.17) is 0 Å². The van der Waals surface area contributed by atoms with E-state index in [1.165, 1.54) is 25.7 Å². The molecule has 0 unspecified atom stereocenters. The number of hydrogen-bond donors (Lipinski definition) is 1. The minimum absolute atomic E-state index is 0.00682. The van der Waals surface area contributed by atoms with Crippen molar-refractivity contribution in [2.45, 2.75) is 42.7 Å². The maximum Gasteiger partial charge on any atom is 0.173 e. The Morgan fingerprint density at radius 1 is 1.32 bits per heavy atom. The zero-order valence-corrected chi connectivity index (χ0v) is 11.5. The molecule has 1 aliphatic rings. The number of hydrogen-bond acceptors (Lipinski definition) is 4. The van der Waals surface area contributed by atoms with Crippen molar-refractivity contribution in [2.24, 2.45) is 0 Å². The molecule has 19 heavy (non-hydrogen) atoms. The van der Waals surface area contributed by atoms with Crippen molar-refractivity contribution in [3.8, 4) is 5.69 Å². The summed E-state index contributed by atoms with van der Waals surface area (Å²) in [5, 5.41) is 11.1. The van der Waals surface area contributed by atoms with Crippen LogP contribution in [0.1, 0.15) is 31.4 Å². The minimum atomic E-state index is -0.00682. The second-order valence-corrected chi connectivity index (χ2v) is 6.03. The fourth-order valence-corrected chi connectivity index (χ4v) is 3.79. The molecule has 1 aliphatic carbocycles. The van der Waals surface area contributed by atoms with Crippen molar-refractivity contribution in [3.63, 3.8) is 0 Å². The number of rotatable bonds is 4. The van der Waals surface area contributed by atoms with E-state index in [-0.39, 0.29) is 6.61 Å². The molecular formula is C14H17N3OS. The van der Waals surface area contributed by atoms with Crippen LogP contribution in [0, 0.1) is 0 Å². The van der Waals surface area contributed by atoms with Gasteiger partial charge in [-0.25, -0.2) is 4.98 Å². The smallest absolute Gasteiger partial charge is 0.173 e. The predicted octanol–water partition coefficient (Wildman–Crippen LogP) is 2.79. The van der Waals surface area contributed by atoms with Crippen LogP contribution in [0.25, 0.3) is 5.69 Å². The Morgan fingerprint density at radius 3 is 2.84 bits per heavy atom. The molecule has 0 aliphatic heterocycles. The number of aliphatic hydroxyl groups is 1. The van der Waals surface area contributed by atoms with Gasteiger partial charge in [0.05, 0.1) is 30.4 Å². The predicted molar refractivity (Wildman–Crippen MR) is 75.4 cm³/mol. The van der Waals surface area contributed by atoms with E-state index in [0.29, 0.717) is 5.25 Å². The standard InChI is InChI=1S/C14H17N3OS/c18-10-12-9-16-14(19-13-5-1-2-6-13)17(12)11-4-3-7-15-8-11/h3-4,7-9,13,18H,1-2,5-6,10H2. The summed E-state index contributed by atoms with van der Waals surface area (Å²) in [6.45, 7) is -0.00682. The first-order chi connectivity index (χ1) is 9.38. The largest absolute Gasteiger partial charge is 0.390 e. The summed E-state index contributed by atoms with van der Waals surface area (Å²) in [5.74, 6) is 0. The first-order valence-electron chi connectivity index (χ1n) is 6.63. The topological polar surface area (TPSA) is 50.9 Å². The van der Waals surface area contributed by atoms with E-state index in [9.17, 15) is 5.11 Å². The van der Waals surface area contributed by atoms with Gasteiger partial charge in [0.15, 0.2) is 5.16 Å². The van der Waals surface area contributed by atoms with Crippen LogP contribution in [-0.2, 0) is 6.61 Å². The van der Waals surface area contributed by atoms with Crippen molar-refractivity contribution >= 4 is 11.8 Å². The number of pyridine rings is 1. The SMILES string of the molecule is OCc1cnc(SC2CCCC2)n1-c1cccnc1. The molecule has 0 aromatic carbocycles. The van der Waals surface area contributed by atoms with E-state index in [2.05, 4.69) is 9.97 Å². The van der Waals surface area contributed by atoms with Crippen LogP contribution >= 0.6 is 11.8 Å². The van der Waals surface area contributed by atoms with E-state index < -0.39 is 0 Å². The minimum Gasteiger partial charge on any atom is -0.390 e. The van der Waals surface area contributed by atoms with Gasteiger partial charge in [-0.1, -0.05) is 24.6 Å². The summed E-state index contributed by atoms with van der Waals surface area (Å²) in [4.78, 5) is 8.61. The second-order valence-electron chi connectivity index (χ2n) is 4.76. The monoisotopic (exact) mass is 275 g/mol. The molecule has 1 saturated carbocycles. The molecule has 4 nitrogen and oxygen atoms in total. The van der Waals surface area contributed by atoms with Crippen molar-refractivity contribution in [3.05, 3.63) is 36.4 Å². The third kappa shape index (κ3) is 2.67. The van der Waals surface area contributed by atoms with Crippen LogP contribution in [0.5, 0.6) is 0 Å². The Labute approximate surface area is 116 Å². The molecule has 0 amide bonds. The highest BCUT2D eigenvalue weighted by atomic mass is 32.2. The molecule has 0 spiro atoms. The third-order valence-corrected chi connectivity index (χ3v) is 4.75. The molecule has 3 rings (SSSR count). The molecule has 2 aromatic rings. The van der Waals surface area contributed by atoms with Crippen LogP contribution in [0.2, 0.25) is 0 Å². The van der Waals surface area contributed by atoms with Crippen molar-refractivity contribution in [1.29, 1.82) is 0 Å². The van der Waals surface area contributed by atoms with E-state index >= 15 is 0 Å². The van der Waals surface area contributed by atoms with Crippen molar-refractivity contribution in [1.82, 2.24) is 14.5 Å². The van der Waals surface area contributed by atoms with Gasteiger partial charge in [0.2, 0.25) is 0 Å². The molecule has 100 valence electrons. The number of thioether (sulfide) groups is 1. The van der Waals surface area contributed by atoms with Crippen LogP contribution in [0.15, 0.2) is 35.9 Å². The lowest BCUT2D eigenvalue weighted by Gasteiger charge is -2.12. The Balaban J connectivity index is 1.93. The van der Waals surface area contributed by atoms with Gasteiger partial charge in [0.25, 0.3) is 0 Å². The van der Waals surface area contributed by atoms with Gasteiger partial charge < -0.3 is 5.11 Å². The molecule has 0 atom stereocenters. The zero-order chi connectivity index (χ0) is 13.1. The van der Waals surface area contributed by atoms with Gasteiger partial charge in [-0.3, -0.25) is 9.55 Å². The first-order valence-corrected chi connectivity index (χ1v) is 7.51. The number of aromatic nitrogens is 3. The highest BCUT2D eigenvalue weighted by Crippen LogP contribution is 2.35. The molecular weight excluding hydrogens is 258 g/mol. The summed E-state index contributed by atoms with van der Waals surface area (Å²) in [6, 6.07) is 3.90. The lowest BCUT2D eigenvalue weighted by molar-refractivity contribution is 0.274. The molecule has 0 saturated heterocycles. The average Bonchev–Trinajstić information content (AvgIpc) is 3.09. The highest BCUT2D eigenvalue weighted by molar-refractivity contribution is 7.99. The quantitative estimate of drug-likeness (QED) is 0.932. The molecule has 0 bridgehead atoms.